The van der Waals surface area contributed by atoms with E-state index in [2.05, 4.69) is 12.2 Å². The van der Waals surface area contributed by atoms with Crippen LogP contribution >= 0.6 is 0 Å². The lowest BCUT2D eigenvalue weighted by Crippen LogP contribution is -2.45. The van der Waals surface area contributed by atoms with Gasteiger partial charge in [-0.1, -0.05) is 19.8 Å². The molecule has 0 unspecified atom stereocenters. The van der Waals surface area contributed by atoms with Crippen molar-refractivity contribution in [3.05, 3.63) is 0 Å². The lowest BCUT2D eigenvalue weighted by Gasteiger charge is -2.26. The molecule has 0 aliphatic carbocycles. The minimum absolute atomic E-state index is 0.0133. The third kappa shape index (κ3) is 7.60. The Balaban J connectivity index is 4.02. The molecule has 2 N–H and O–H groups in total. The van der Waals surface area contributed by atoms with E-state index in [9.17, 15) is 9.59 Å². The number of carboxylic acid groups (broad SMARTS) is 1. The number of aliphatic carboxylic acids is 1. The number of carbonyl (C=O) groups excluding carboxylic acids is 1. The second-order valence-corrected chi connectivity index (χ2v) is 4.37. The normalized spacial score (nSPS) is 10.4. The summed E-state index contributed by atoms with van der Waals surface area (Å²) in [7, 11) is 0. The average Bonchev–Trinajstić information content (AvgIpc) is 2.23. The minimum atomic E-state index is -0.880. The molecule has 5 heteroatoms. The fourth-order valence-corrected chi connectivity index (χ4v) is 1.48. The lowest BCUT2D eigenvalue weighted by atomic mass is 10.2. The summed E-state index contributed by atoms with van der Waals surface area (Å²) in [6, 6.07) is -0.155. The molecule has 0 saturated heterocycles. The summed E-state index contributed by atoms with van der Waals surface area (Å²) < 4.78 is 0. The van der Waals surface area contributed by atoms with Gasteiger partial charge in [0.15, 0.2) is 0 Å². The third-order valence-electron chi connectivity index (χ3n) is 2.51. The highest BCUT2D eigenvalue weighted by Gasteiger charge is 2.16. The average molecular weight is 244 g/mol. The quantitative estimate of drug-likeness (QED) is 0.642. The lowest BCUT2D eigenvalue weighted by molar-refractivity contribution is -0.137. The van der Waals surface area contributed by atoms with E-state index in [1.807, 2.05) is 13.8 Å². The Hall–Kier alpha value is -1.26. The Morgan fingerprint density at radius 2 is 1.94 bits per heavy atom. The number of amides is 2. The van der Waals surface area contributed by atoms with Crippen molar-refractivity contribution in [2.75, 3.05) is 13.1 Å². The van der Waals surface area contributed by atoms with Gasteiger partial charge < -0.3 is 15.3 Å². The van der Waals surface area contributed by atoms with Gasteiger partial charge in [-0.3, -0.25) is 4.79 Å². The van der Waals surface area contributed by atoms with E-state index in [4.69, 9.17) is 5.11 Å². The van der Waals surface area contributed by atoms with Crippen molar-refractivity contribution in [3.63, 3.8) is 0 Å². The second kappa shape index (κ2) is 8.84. The summed E-state index contributed by atoms with van der Waals surface area (Å²) in [5.41, 5.74) is 0. The van der Waals surface area contributed by atoms with Crippen molar-refractivity contribution < 1.29 is 14.7 Å². The molecule has 0 aliphatic rings. The second-order valence-electron chi connectivity index (χ2n) is 4.37. The Morgan fingerprint density at radius 3 is 2.41 bits per heavy atom. The van der Waals surface area contributed by atoms with E-state index in [1.165, 1.54) is 0 Å². The van der Waals surface area contributed by atoms with Crippen molar-refractivity contribution in [1.29, 1.82) is 0 Å². The predicted octanol–water partition coefficient (Wildman–Crippen LogP) is 2.07. The van der Waals surface area contributed by atoms with E-state index in [0.717, 1.165) is 19.3 Å². The Morgan fingerprint density at radius 1 is 1.29 bits per heavy atom. The number of carbonyl (C=O) groups is 2. The van der Waals surface area contributed by atoms with Gasteiger partial charge in [-0.15, -0.1) is 0 Å². The summed E-state index contributed by atoms with van der Waals surface area (Å²) in [4.78, 5) is 23.8. The van der Waals surface area contributed by atoms with Gasteiger partial charge in [0, 0.05) is 19.1 Å². The van der Waals surface area contributed by atoms with E-state index in [1.54, 1.807) is 4.90 Å². The van der Waals surface area contributed by atoms with Gasteiger partial charge in [-0.25, -0.2) is 4.79 Å². The predicted molar refractivity (Wildman–Crippen MR) is 67.0 cm³/mol. The number of rotatable bonds is 8. The first-order valence-electron chi connectivity index (χ1n) is 6.25. The van der Waals surface area contributed by atoms with E-state index < -0.39 is 5.97 Å². The largest absolute Gasteiger partial charge is 0.481 e. The molecule has 5 nitrogen and oxygen atoms in total. The molecule has 0 saturated carbocycles. The Labute approximate surface area is 103 Å². The molecule has 0 heterocycles. The van der Waals surface area contributed by atoms with E-state index in [-0.39, 0.29) is 25.0 Å². The SMILES string of the molecule is CCCCCNC(=O)N(CCC(=O)O)C(C)C. The summed E-state index contributed by atoms with van der Waals surface area (Å²) in [6.45, 7) is 6.78. The number of hydrogen-bond acceptors (Lipinski definition) is 2. The third-order valence-corrected chi connectivity index (χ3v) is 2.51. The number of unbranched alkanes of at least 4 members (excludes halogenated alkanes) is 2. The van der Waals surface area contributed by atoms with Gasteiger partial charge in [0.2, 0.25) is 0 Å². The first kappa shape index (κ1) is 15.7. The summed E-state index contributed by atoms with van der Waals surface area (Å²) in [5.74, 6) is -0.880. The molecule has 0 aromatic rings. The zero-order valence-corrected chi connectivity index (χ0v) is 11.0. The van der Waals surface area contributed by atoms with E-state index in [0.29, 0.717) is 6.54 Å². The fraction of sp³-hybridized carbons (Fsp3) is 0.833. The standard InChI is InChI=1S/C12H24N2O3/c1-4-5-6-8-13-12(17)14(10(2)3)9-7-11(15)16/h10H,4-9H2,1-3H3,(H,13,17)(H,15,16). The van der Waals surface area contributed by atoms with Crippen molar-refractivity contribution in [1.82, 2.24) is 10.2 Å². The van der Waals surface area contributed by atoms with Gasteiger partial charge in [-0.2, -0.15) is 0 Å². The fourth-order valence-electron chi connectivity index (χ4n) is 1.48. The smallest absolute Gasteiger partial charge is 0.317 e. The van der Waals surface area contributed by atoms with Gasteiger partial charge in [0.05, 0.1) is 6.42 Å². The highest BCUT2D eigenvalue weighted by atomic mass is 16.4. The highest BCUT2D eigenvalue weighted by Crippen LogP contribution is 2.01. The van der Waals surface area contributed by atoms with Crippen LogP contribution in [-0.2, 0) is 4.79 Å². The van der Waals surface area contributed by atoms with E-state index >= 15 is 0 Å². The molecule has 2 amide bonds. The topological polar surface area (TPSA) is 69.6 Å². The number of urea groups is 1. The summed E-state index contributed by atoms with van der Waals surface area (Å²) in [6.07, 6.45) is 3.16. The molecule has 100 valence electrons. The monoisotopic (exact) mass is 244 g/mol. The van der Waals surface area contributed by atoms with Crippen LogP contribution in [0.4, 0.5) is 4.79 Å². The molecule has 17 heavy (non-hydrogen) atoms. The molecular weight excluding hydrogens is 220 g/mol. The highest BCUT2D eigenvalue weighted by molar-refractivity contribution is 5.75. The van der Waals surface area contributed by atoms with Crippen LogP contribution in [0, 0.1) is 0 Å². The number of hydrogen-bond donors (Lipinski definition) is 2. The zero-order chi connectivity index (χ0) is 13.3. The van der Waals surface area contributed by atoms with Crippen LogP contribution in [0.25, 0.3) is 0 Å². The summed E-state index contributed by atoms with van der Waals surface area (Å²) >= 11 is 0. The van der Waals surface area contributed by atoms with Crippen LogP contribution in [0.1, 0.15) is 46.5 Å². The van der Waals surface area contributed by atoms with Crippen molar-refractivity contribution >= 4 is 12.0 Å². The Bertz CT molecular complexity index is 242. The minimum Gasteiger partial charge on any atom is -0.481 e. The molecule has 0 rings (SSSR count). The molecule has 0 fully saturated rings. The van der Waals surface area contributed by atoms with Gasteiger partial charge in [0.1, 0.15) is 0 Å². The maximum Gasteiger partial charge on any atom is 0.317 e. The molecule has 0 spiro atoms. The van der Waals surface area contributed by atoms with Crippen molar-refractivity contribution in [3.8, 4) is 0 Å². The first-order chi connectivity index (χ1) is 7.99. The molecule has 0 radical (unpaired) electrons. The molecule has 0 aromatic carbocycles. The molecule has 0 aliphatic heterocycles. The van der Waals surface area contributed by atoms with Crippen molar-refractivity contribution in [2.45, 2.75) is 52.5 Å². The van der Waals surface area contributed by atoms with Crippen LogP contribution in [-0.4, -0.2) is 41.1 Å². The van der Waals surface area contributed by atoms with Crippen molar-refractivity contribution in [2.24, 2.45) is 0 Å². The maximum absolute atomic E-state index is 11.8. The molecule has 0 aromatic heterocycles. The molecule has 0 bridgehead atoms. The van der Waals surface area contributed by atoms with Gasteiger partial charge in [-0.05, 0) is 20.3 Å². The molecule has 0 atom stereocenters. The first-order valence-corrected chi connectivity index (χ1v) is 6.25. The van der Waals surface area contributed by atoms with Crippen LogP contribution < -0.4 is 5.32 Å². The van der Waals surface area contributed by atoms with Gasteiger partial charge >= 0.3 is 12.0 Å². The maximum atomic E-state index is 11.8. The van der Waals surface area contributed by atoms with Crippen LogP contribution in [0.5, 0.6) is 0 Å². The van der Waals surface area contributed by atoms with Crippen LogP contribution in [0.2, 0.25) is 0 Å². The Kier molecular flexibility index (Phi) is 8.19. The summed E-state index contributed by atoms with van der Waals surface area (Å²) in [5, 5.41) is 11.4. The van der Waals surface area contributed by atoms with Crippen LogP contribution in [0.3, 0.4) is 0 Å². The number of carboxylic acids is 1. The van der Waals surface area contributed by atoms with Gasteiger partial charge in [0.25, 0.3) is 0 Å². The van der Waals surface area contributed by atoms with Crippen LogP contribution in [0.15, 0.2) is 0 Å². The number of nitrogens with zero attached hydrogens (tertiary/aromatic N) is 1. The zero-order valence-electron chi connectivity index (χ0n) is 11.0. The molecular formula is C12H24N2O3. The number of nitrogens with one attached hydrogen (secondary N) is 1.